The van der Waals surface area contributed by atoms with Gasteiger partial charge in [-0.15, -0.1) is 0 Å². The van der Waals surface area contributed by atoms with Crippen molar-refractivity contribution in [3.05, 3.63) is 0 Å². The van der Waals surface area contributed by atoms with E-state index in [9.17, 15) is 0 Å². The van der Waals surface area contributed by atoms with Gasteiger partial charge >= 0.3 is 0 Å². The first kappa shape index (κ1) is 10.9. The Balaban J connectivity index is 3.07. The van der Waals surface area contributed by atoms with E-state index in [1.54, 1.807) is 0 Å². The average molecular weight is 157 g/mol. The van der Waals surface area contributed by atoms with E-state index in [0.29, 0.717) is 0 Å². The molecule has 1 radical (unpaired) electrons. The van der Waals surface area contributed by atoms with Gasteiger partial charge in [-0.25, -0.2) is 5.01 Å². The van der Waals surface area contributed by atoms with Crippen LogP contribution < -0.4 is 5.43 Å². The Morgan fingerprint density at radius 3 is 2.09 bits per heavy atom. The van der Waals surface area contributed by atoms with E-state index >= 15 is 0 Å². The van der Waals surface area contributed by atoms with Crippen LogP contribution in [0.4, 0.5) is 0 Å². The predicted molar refractivity (Wildman–Crippen MR) is 49.4 cm³/mol. The molecule has 11 heavy (non-hydrogen) atoms. The summed E-state index contributed by atoms with van der Waals surface area (Å²) < 4.78 is 0. The molecule has 2 nitrogen and oxygen atoms in total. The fraction of sp³-hybridized carbons (Fsp3) is 1.00. The van der Waals surface area contributed by atoms with Gasteiger partial charge in [0.05, 0.1) is 0 Å². The second kappa shape index (κ2) is 8.02. The molecule has 0 amide bonds. The molecule has 0 aromatic heterocycles. The Kier molecular flexibility index (Phi) is 7.96. The van der Waals surface area contributed by atoms with Gasteiger partial charge in [-0.1, -0.05) is 33.6 Å². The molecule has 0 aliphatic heterocycles. The topological polar surface area (TPSA) is 17.3 Å². The zero-order chi connectivity index (χ0) is 8.53. The van der Waals surface area contributed by atoms with E-state index < -0.39 is 0 Å². The molecule has 0 aliphatic rings. The summed E-state index contributed by atoms with van der Waals surface area (Å²) in [6, 6.07) is 0. The molecule has 2 heteroatoms. The van der Waals surface area contributed by atoms with Gasteiger partial charge in [-0.05, 0) is 6.42 Å². The largest absolute Gasteiger partial charge is 0.227 e. The summed E-state index contributed by atoms with van der Waals surface area (Å²) in [7, 11) is 0. The maximum Gasteiger partial charge on any atom is 0.0306 e. The van der Waals surface area contributed by atoms with Crippen LogP contribution in [-0.4, -0.2) is 24.6 Å². The second-order valence-electron chi connectivity index (χ2n) is 2.71. The molecular weight excluding hydrogens is 136 g/mol. The second-order valence-corrected chi connectivity index (χ2v) is 2.71. The summed E-state index contributed by atoms with van der Waals surface area (Å²) in [5, 5.41) is 2.12. The zero-order valence-corrected chi connectivity index (χ0v) is 8.14. The first-order chi connectivity index (χ1) is 5.35. The van der Waals surface area contributed by atoms with Crippen molar-refractivity contribution in [1.82, 2.24) is 10.4 Å². The molecule has 0 fully saturated rings. The molecule has 0 aliphatic carbocycles. The molecule has 0 aromatic rings. The lowest BCUT2D eigenvalue weighted by Crippen LogP contribution is -2.32. The Morgan fingerprint density at radius 2 is 1.64 bits per heavy atom. The highest BCUT2D eigenvalue weighted by molar-refractivity contribution is 4.45. The van der Waals surface area contributed by atoms with Gasteiger partial charge in [-0.3, -0.25) is 0 Å². The lowest BCUT2D eigenvalue weighted by Gasteiger charge is -2.16. The first-order valence-corrected chi connectivity index (χ1v) is 4.77. The van der Waals surface area contributed by atoms with Crippen molar-refractivity contribution in [1.29, 1.82) is 0 Å². The van der Waals surface area contributed by atoms with Gasteiger partial charge in [0.25, 0.3) is 0 Å². The predicted octanol–water partition coefficient (Wildman–Crippen LogP) is 2.04. The van der Waals surface area contributed by atoms with E-state index in [4.69, 9.17) is 0 Å². The van der Waals surface area contributed by atoms with Crippen molar-refractivity contribution in [3.8, 4) is 0 Å². The minimum absolute atomic E-state index is 1.01. The SMILES string of the molecule is CCCCC[N]N(CC)CC. The van der Waals surface area contributed by atoms with Gasteiger partial charge in [0.1, 0.15) is 0 Å². The van der Waals surface area contributed by atoms with Gasteiger partial charge in [0.2, 0.25) is 0 Å². The number of rotatable bonds is 7. The fourth-order valence-corrected chi connectivity index (χ4v) is 0.998. The van der Waals surface area contributed by atoms with Crippen LogP contribution in [0.5, 0.6) is 0 Å². The van der Waals surface area contributed by atoms with Crippen molar-refractivity contribution in [2.24, 2.45) is 0 Å². The molecule has 0 spiro atoms. The third-order valence-corrected chi connectivity index (χ3v) is 1.79. The summed E-state index contributed by atoms with van der Waals surface area (Å²) in [6.45, 7) is 9.61. The smallest absolute Gasteiger partial charge is 0.0306 e. The van der Waals surface area contributed by atoms with Gasteiger partial charge in [-0.2, -0.15) is 5.43 Å². The zero-order valence-electron chi connectivity index (χ0n) is 8.14. The quantitative estimate of drug-likeness (QED) is 0.408. The van der Waals surface area contributed by atoms with Gasteiger partial charge in [0, 0.05) is 19.6 Å². The summed E-state index contributed by atoms with van der Waals surface area (Å²) in [4.78, 5) is 0. The molecule has 0 bridgehead atoms. The molecule has 0 N–H and O–H groups in total. The van der Waals surface area contributed by atoms with E-state index in [-0.39, 0.29) is 0 Å². The van der Waals surface area contributed by atoms with Crippen LogP contribution in [0.2, 0.25) is 0 Å². The van der Waals surface area contributed by atoms with Crippen LogP contribution in [0.15, 0.2) is 0 Å². The number of hydrogen-bond donors (Lipinski definition) is 0. The Hall–Kier alpha value is -0.0800. The monoisotopic (exact) mass is 157 g/mol. The highest BCUT2D eigenvalue weighted by Crippen LogP contribution is 1.93. The molecule has 0 saturated carbocycles. The highest BCUT2D eigenvalue weighted by atomic mass is 15.5. The first-order valence-electron chi connectivity index (χ1n) is 4.77. The van der Waals surface area contributed by atoms with Crippen LogP contribution in [0.3, 0.4) is 0 Å². The van der Waals surface area contributed by atoms with E-state index in [1.165, 1.54) is 19.3 Å². The molecule has 0 saturated heterocycles. The highest BCUT2D eigenvalue weighted by Gasteiger charge is 1.97. The summed E-state index contributed by atoms with van der Waals surface area (Å²) in [5.74, 6) is 0. The molecule has 67 valence electrons. The standard InChI is InChI=1S/C9H21N2/c1-4-7-8-9-10-11(5-2)6-3/h4-9H2,1-3H3. The Morgan fingerprint density at radius 1 is 1.00 bits per heavy atom. The maximum atomic E-state index is 4.43. The number of nitrogens with zero attached hydrogens (tertiary/aromatic N) is 2. The molecule has 0 aromatic carbocycles. The van der Waals surface area contributed by atoms with Crippen LogP contribution in [0.25, 0.3) is 0 Å². The number of hydrogen-bond acceptors (Lipinski definition) is 1. The minimum atomic E-state index is 1.01. The summed E-state index contributed by atoms with van der Waals surface area (Å²) in [5.41, 5.74) is 4.43. The van der Waals surface area contributed by atoms with Crippen LogP contribution in [-0.2, 0) is 0 Å². The van der Waals surface area contributed by atoms with Crippen LogP contribution >= 0.6 is 0 Å². The van der Waals surface area contributed by atoms with E-state index in [1.807, 2.05) is 0 Å². The summed E-state index contributed by atoms with van der Waals surface area (Å²) in [6.07, 6.45) is 3.84. The molecular formula is C9H21N2. The van der Waals surface area contributed by atoms with Crippen molar-refractivity contribution in [2.45, 2.75) is 40.0 Å². The third-order valence-electron chi connectivity index (χ3n) is 1.79. The molecule has 0 rings (SSSR count). The number of unbranched alkanes of at least 4 members (excludes halogenated alkanes) is 2. The molecule has 0 heterocycles. The minimum Gasteiger partial charge on any atom is -0.227 e. The van der Waals surface area contributed by atoms with E-state index in [2.05, 4.69) is 31.2 Å². The van der Waals surface area contributed by atoms with Crippen LogP contribution in [0, 0.1) is 0 Å². The van der Waals surface area contributed by atoms with Gasteiger partial charge in [0.15, 0.2) is 0 Å². The van der Waals surface area contributed by atoms with Crippen molar-refractivity contribution in [3.63, 3.8) is 0 Å². The maximum absolute atomic E-state index is 4.43. The van der Waals surface area contributed by atoms with Crippen molar-refractivity contribution in [2.75, 3.05) is 19.6 Å². The Bertz CT molecular complexity index is 70.0. The van der Waals surface area contributed by atoms with Crippen molar-refractivity contribution >= 4 is 0 Å². The average Bonchev–Trinajstić information content (AvgIpc) is 2.05. The lowest BCUT2D eigenvalue weighted by atomic mass is 10.2. The fourth-order valence-electron chi connectivity index (χ4n) is 0.998. The molecule has 0 unspecified atom stereocenters. The van der Waals surface area contributed by atoms with Gasteiger partial charge < -0.3 is 0 Å². The van der Waals surface area contributed by atoms with Crippen LogP contribution in [0.1, 0.15) is 40.0 Å². The van der Waals surface area contributed by atoms with E-state index in [0.717, 1.165) is 19.6 Å². The third kappa shape index (κ3) is 6.32. The molecule has 0 atom stereocenters. The normalized spacial score (nSPS) is 10.9. The Labute approximate surface area is 70.9 Å². The lowest BCUT2D eigenvalue weighted by molar-refractivity contribution is 0.199. The van der Waals surface area contributed by atoms with Crippen molar-refractivity contribution < 1.29 is 0 Å². The summed E-state index contributed by atoms with van der Waals surface area (Å²) >= 11 is 0.